The average Bonchev–Trinajstić information content (AvgIpc) is 2.55. The predicted molar refractivity (Wildman–Crippen MR) is 83.6 cm³/mol. The number of aromatic hydroxyl groups is 1. The molecule has 0 spiro atoms. The van der Waals surface area contributed by atoms with E-state index >= 15 is 0 Å². The van der Waals surface area contributed by atoms with Crippen molar-refractivity contribution in [3.63, 3.8) is 0 Å². The first-order chi connectivity index (χ1) is 11.0. The lowest BCUT2D eigenvalue weighted by Gasteiger charge is -2.18. The van der Waals surface area contributed by atoms with Crippen LogP contribution in [0.25, 0.3) is 0 Å². The molecule has 6 heteroatoms. The molecule has 0 bridgehead atoms. The van der Waals surface area contributed by atoms with Gasteiger partial charge in [0.05, 0.1) is 19.6 Å². The molecule has 2 rings (SSSR count). The molecule has 1 atom stereocenters. The Morgan fingerprint density at radius 2 is 1.87 bits per heavy atom. The first kappa shape index (κ1) is 16.4. The maximum atomic E-state index is 12.2. The lowest BCUT2D eigenvalue weighted by Crippen LogP contribution is -2.30. The SMILES string of the molecule is COc1cc(C(CC(=O)O)NC(=O)c2ccccc2)ccc1O. The van der Waals surface area contributed by atoms with Crippen molar-refractivity contribution in [3.05, 3.63) is 59.7 Å². The quantitative estimate of drug-likeness (QED) is 0.760. The van der Waals surface area contributed by atoms with E-state index in [2.05, 4.69) is 5.32 Å². The number of carboxylic acids is 1. The van der Waals surface area contributed by atoms with Crippen molar-refractivity contribution in [3.8, 4) is 11.5 Å². The van der Waals surface area contributed by atoms with E-state index in [4.69, 9.17) is 9.84 Å². The maximum Gasteiger partial charge on any atom is 0.305 e. The van der Waals surface area contributed by atoms with Gasteiger partial charge >= 0.3 is 5.97 Å². The van der Waals surface area contributed by atoms with Gasteiger partial charge in [-0.05, 0) is 29.8 Å². The molecular formula is C17H17NO5. The number of aliphatic carboxylic acids is 1. The lowest BCUT2D eigenvalue weighted by atomic mass is 10.0. The molecule has 1 unspecified atom stereocenters. The Balaban J connectivity index is 2.27. The van der Waals surface area contributed by atoms with Gasteiger partial charge < -0.3 is 20.3 Å². The number of methoxy groups -OCH3 is 1. The minimum Gasteiger partial charge on any atom is -0.504 e. The maximum absolute atomic E-state index is 12.2. The standard InChI is InChI=1S/C17H17NO5/c1-23-15-9-12(7-8-14(15)19)13(10-16(20)21)18-17(22)11-5-3-2-4-6-11/h2-9,13,19H,10H2,1H3,(H,18,22)(H,20,21). The third-order valence-corrected chi connectivity index (χ3v) is 3.33. The van der Waals surface area contributed by atoms with Crippen LogP contribution in [0.2, 0.25) is 0 Å². The lowest BCUT2D eigenvalue weighted by molar-refractivity contribution is -0.137. The van der Waals surface area contributed by atoms with Crippen molar-refractivity contribution in [1.82, 2.24) is 5.32 Å². The van der Waals surface area contributed by atoms with Crippen molar-refractivity contribution < 1.29 is 24.5 Å². The number of hydrogen-bond acceptors (Lipinski definition) is 4. The molecule has 120 valence electrons. The van der Waals surface area contributed by atoms with Crippen molar-refractivity contribution in [2.75, 3.05) is 7.11 Å². The predicted octanol–water partition coefficient (Wildman–Crippen LogP) is 2.35. The number of nitrogens with one attached hydrogen (secondary N) is 1. The summed E-state index contributed by atoms with van der Waals surface area (Å²) in [6.07, 6.45) is -0.285. The van der Waals surface area contributed by atoms with Crippen LogP contribution in [-0.4, -0.2) is 29.2 Å². The number of carboxylic acid groups (broad SMARTS) is 1. The number of rotatable bonds is 6. The van der Waals surface area contributed by atoms with E-state index in [9.17, 15) is 14.7 Å². The van der Waals surface area contributed by atoms with E-state index in [-0.39, 0.29) is 23.8 Å². The summed E-state index contributed by atoms with van der Waals surface area (Å²) < 4.78 is 5.02. The Morgan fingerprint density at radius 3 is 2.48 bits per heavy atom. The van der Waals surface area contributed by atoms with Crippen LogP contribution in [0.4, 0.5) is 0 Å². The van der Waals surface area contributed by atoms with Crippen molar-refractivity contribution in [2.24, 2.45) is 0 Å². The molecule has 0 aliphatic carbocycles. The van der Waals surface area contributed by atoms with E-state index in [1.165, 1.54) is 19.2 Å². The number of benzene rings is 2. The summed E-state index contributed by atoms with van der Waals surface area (Å²) in [6.45, 7) is 0. The van der Waals surface area contributed by atoms with Crippen LogP contribution in [-0.2, 0) is 4.79 Å². The Hall–Kier alpha value is -3.02. The van der Waals surface area contributed by atoms with Crippen LogP contribution < -0.4 is 10.1 Å². The third kappa shape index (κ3) is 4.23. The summed E-state index contributed by atoms with van der Waals surface area (Å²) in [6, 6.07) is 12.2. The normalized spacial score (nSPS) is 11.5. The monoisotopic (exact) mass is 315 g/mol. The number of hydrogen-bond donors (Lipinski definition) is 3. The van der Waals surface area contributed by atoms with Gasteiger partial charge in [-0.3, -0.25) is 9.59 Å². The molecule has 0 saturated carbocycles. The van der Waals surface area contributed by atoms with Gasteiger partial charge in [0.25, 0.3) is 5.91 Å². The van der Waals surface area contributed by atoms with Crippen LogP contribution in [0.3, 0.4) is 0 Å². The van der Waals surface area contributed by atoms with Crippen molar-refractivity contribution >= 4 is 11.9 Å². The van der Waals surface area contributed by atoms with Gasteiger partial charge in [-0.2, -0.15) is 0 Å². The second-order valence-electron chi connectivity index (χ2n) is 4.92. The largest absolute Gasteiger partial charge is 0.504 e. The fraction of sp³-hybridized carbons (Fsp3) is 0.176. The molecule has 23 heavy (non-hydrogen) atoms. The summed E-state index contributed by atoms with van der Waals surface area (Å²) in [5.41, 5.74) is 0.972. The summed E-state index contributed by atoms with van der Waals surface area (Å²) in [5.74, 6) is -1.26. The molecule has 0 aromatic heterocycles. The van der Waals surface area contributed by atoms with E-state index in [0.29, 0.717) is 11.1 Å². The highest BCUT2D eigenvalue weighted by Gasteiger charge is 2.20. The first-order valence-electron chi connectivity index (χ1n) is 6.96. The van der Waals surface area contributed by atoms with Gasteiger partial charge in [0.15, 0.2) is 11.5 Å². The zero-order chi connectivity index (χ0) is 16.8. The van der Waals surface area contributed by atoms with E-state index < -0.39 is 12.0 Å². The molecule has 3 N–H and O–H groups in total. The Kier molecular flexibility index (Phi) is 5.19. The third-order valence-electron chi connectivity index (χ3n) is 3.33. The molecule has 0 fully saturated rings. The number of ether oxygens (including phenoxy) is 1. The summed E-state index contributed by atoms with van der Waals surface area (Å²) in [5, 5.41) is 21.4. The van der Waals surface area contributed by atoms with E-state index in [0.717, 1.165) is 0 Å². The summed E-state index contributed by atoms with van der Waals surface area (Å²) >= 11 is 0. The van der Waals surface area contributed by atoms with E-state index in [1.807, 2.05) is 0 Å². The number of phenols is 1. The van der Waals surface area contributed by atoms with Crippen LogP contribution in [0.1, 0.15) is 28.4 Å². The zero-order valence-corrected chi connectivity index (χ0v) is 12.5. The zero-order valence-electron chi connectivity index (χ0n) is 12.5. The summed E-state index contributed by atoms with van der Waals surface area (Å²) in [7, 11) is 1.40. The topological polar surface area (TPSA) is 95.9 Å². The highest BCUT2D eigenvalue weighted by molar-refractivity contribution is 5.94. The van der Waals surface area contributed by atoms with Gasteiger partial charge in [0.2, 0.25) is 0 Å². The van der Waals surface area contributed by atoms with Gasteiger partial charge in [-0.25, -0.2) is 0 Å². The smallest absolute Gasteiger partial charge is 0.305 e. The molecule has 0 aliphatic rings. The molecule has 0 saturated heterocycles. The Morgan fingerprint density at radius 1 is 1.17 bits per heavy atom. The van der Waals surface area contributed by atoms with Gasteiger partial charge in [0, 0.05) is 5.56 Å². The van der Waals surface area contributed by atoms with Crippen molar-refractivity contribution in [2.45, 2.75) is 12.5 Å². The molecule has 2 aromatic carbocycles. The molecule has 1 amide bonds. The number of amides is 1. The van der Waals surface area contributed by atoms with Crippen LogP contribution in [0.5, 0.6) is 11.5 Å². The van der Waals surface area contributed by atoms with Crippen LogP contribution in [0, 0.1) is 0 Å². The summed E-state index contributed by atoms with van der Waals surface area (Å²) in [4.78, 5) is 23.3. The second kappa shape index (κ2) is 7.31. The molecular weight excluding hydrogens is 298 g/mol. The van der Waals surface area contributed by atoms with Crippen LogP contribution in [0.15, 0.2) is 48.5 Å². The Bertz CT molecular complexity index is 699. The van der Waals surface area contributed by atoms with Gasteiger partial charge in [-0.15, -0.1) is 0 Å². The fourth-order valence-corrected chi connectivity index (χ4v) is 2.17. The number of carbonyl (C=O) groups is 2. The first-order valence-corrected chi connectivity index (χ1v) is 6.96. The molecule has 2 aromatic rings. The minimum absolute atomic E-state index is 0.0558. The fourth-order valence-electron chi connectivity index (χ4n) is 2.17. The Labute approximate surface area is 133 Å². The van der Waals surface area contributed by atoms with E-state index in [1.54, 1.807) is 36.4 Å². The second-order valence-corrected chi connectivity index (χ2v) is 4.92. The van der Waals surface area contributed by atoms with Gasteiger partial charge in [0.1, 0.15) is 0 Å². The van der Waals surface area contributed by atoms with Crippen LogP contribution >= 0.6 is 0 Å². The molecule has 0 aliphatic heterocycles. The minimum atomic E-state index is -1.05. The van der Waals surface area contributed by atoms with Crippen molar-refractivity contribution in [1.29, 1.82) is 0 Å². The number of carbonyl (C=O) groups excluding carboxylic acids is 1. The average molecular weight is 315 g/mol. The molecule has 6 nitrogen and oxygen atoms in total. The number of phenolic OH excluding ortho intramolecular Hbond substituents is 1. The molecule has 0 heterocycles. The highest BCUT2D eigenvalue weighted by Crippen LogP contribution is 2.30. The highest BCUT2D eigenvalue weighted by atomic mass is 16.5. The molecule has 0 radical (unpaired) electrons. The van der Waals surface area contributed by atoms with Gasteiger partial charge in [-0.1, -0.05) is 24.3 Å².